The summed E-state index contributed by atoms with van der Waals surface area (Å²) in [6.45, 7) is 8.11. The van der Waals surface area contributed by atoms with Gasteiger partial charge < -0.3 is 15.1 Å². The fourth-order valence-corrected chi connectivity index (χ4v) is 5.80. The Morgan fingerprint density at radius 2 is 1.78 bits per heavy atom. The number of likely N-dealkylation sites (tertiary alicyclic amines) is 1. The maximum absolute atomic E-state index is 14.1. The Morgan fingerprint density at radius 1 is 1.06 bits per heavy atom. The predicted octanol–water partition coefficient (Wildman–Crippen LogP) is 3.72. The standard InChI is InChI=1S/C29H34N4O3/c1-4-32-24-18-33(23(17-21-10-6-5-7-11-21)27(34)31-14-8-9-15-31)28(35)25(24)26(30-29(32)36)22-13-12-19(2)16-20(22)3/h5-7,10-13,16,23,26H,4,8-9,14-15,17-18H2,1-3H3,(H,30,36). The lowest BCUT2D eigenvalue weighted by Gasteiger charge is -2.33. The molecule has 188 valence electrons. The number of rotatable bonds is 6. The molecule has 1 N–H and O–H groups in total. The number of amides is 4. The third-order valence-corrected chi connectivity index (χ3v) is 7.65. The van der Waals surface area contributed by atoms with Gasteiger partial charge in [-0.25, -0.2) is 4.79 Å². The van der Waals surface area contributed by atoms with Gasteiger partial charge in [0.15, 0.2) is 0 Å². The van der Waals surface area contributed by atoms with Gasteiger partial charge in [0.05, 0.1) is 23.9 Å². The second kappa shape index (κ2) is 9.80. The van der Waals surface area contributed by atoms with Crippen molar-refractivity contribution in [3.05, 3.63) is 82.1 Å². The number of carbonyl (C=O) groups excluding carboxylic acids is 3. The van der Waals surface area contributed by atoms with Crippen molar-refractivity contribution in [2.75, 3.05) is 26.2 Å². The minimum absolute atomic E-state index is 0.00468. The Morgan fingerprint density at radius 3 is 2.44 bits per heavy atom. The van der Waals surface area contributed by atoms with Crippen molar-refractivity contribution in [3.63, 3.8) is 0 Å². The van der Waals surface area contributed by atoms with Crippen LogP contribution < -0.4 is 5.32 Å². The van der Waals surface area contributed by atoms with Crippen molar-refractivity contribution < 1.29 is 14.4 Å². The van der Waals surface area contributed by atoms with E-state index in [2.05, 4.69) is 11.4 Å². The van der Waals surface area contributed by atoms with Gasteiger partial charge in [-0.05, 0) is 50.3 Å². The lowest BCUT2D eigenvalue weighted by molar-refractivity contribution is -0.142. The minimum atomic E-state index is -0.614. The van der Waals surface area contributed by atoms with Crippen molar-refractivity contribution in [1.82, 2.24) is 20.0 Å². The molecule has 7 heteroatoms. The molecule has 0 bridgehead atoms. The Bertz CT molecular complexity index is 1220. The topological polar surface area (TPSA) is 73.0 Å². The zero-order chi connectivity index (χ0) is 25.4. The summed E-state index contributed by atoms with van der Waals surface area (Å²) >= 11 is 0. The number of nitrogens with zero attached hydrogens (tertiary/aromatic N) is 3. The predicted molar refractivity (Wildman–Crippen MR) is 138 cm³/mol. The molecule has 2 aromatic rings. The highest BCUT2D eigenvalue weighted by atomic mass is 16.2. The number of benzene rings is 2. The van der Waals surface area contributed by atoms with Crippen LogP contribution in [-0.4, -0.2) is 64.8 Å². The lowest BCUT2D eigenvalue weighted by atomic mass is 9.91. The van der Waals surface area contributed by atoms with Crippen molar-refractivity contribution in [2.24, 2.45) is 0 Å². The molecule has 0 radical (unpaired) electrons. The summed E-state index contributed by atoms with van der Waals surface area (Å²) in [4.78, 5) is 46.3. The second-order valence-electron chi connectivity index (χ2n) is 10.0. The second-order valence-corrected chi connectivity index (χ2v) is 10.0. The highest BCUT2D eigenvalue weighted by Gasteiger charge is 2.47. The molecule has 3 aliphatic heterocycles. The smallest absolute Gasteiger partial charge is 0.322 e. The van der Waals surface area contributed by atoms with Gasteiger partial charge in [-0.2, -0.15) is 0 Å². The van der Waals surface area contributed by atoms with Crippen LogP contribution in [0.4, 0.5) is 4.79 Å². The fourth-order valence-electron chi connectivity index (χ4n) is 5.80. The number of likely N-dealkylation sites (N-methyl/N-ethyl adjacent to an activating group) is 1. The molecule has 0 saturated carbocycles. The number of hydrogen-bond donors (Lipinski definition) is 1. The van der Waals surface area contributed by atoms with E-state index in [-0.39, 0.29) is 24.4 Å². The van der Waals surface area contributed by atoms with Gasteiger partial charge in [-0.15, -0.1) is 0 Å². The van der Waals surface area contributed by atoms with Crippen molar-refractivity contribution in [3.8, 4) is 0 Å². The quantitative estimate of drug-likeness (QED) is 0.677. The van der Waals surface area contributed by atoms with Crippen molar-refractivity contribution in [1.29, 1.82) is 0 Å². The largest absolute Gasteiger partial charge is 0.341 e. The summed E-state index contributed by atoms with van der Waals surface area (Å²) in [6.07, 6.45) is 2.43. The minimum Gasteiger partial charge on any atom is -0.341 e. The first-order valence-corrected chi connectivity index (χ1v) is 12.9. The van der Waals surface area contributed by atoms with E-state index < -0.39 is 12.1 Å². The zero-order valence-electron chi connectivity index (χ0n) is 21.3. The van der Waals surface area contributed by atoms with Crippen LogP contribution in [0.5, 0.6) is 0 Å². The van der Waals surface area contributed by atoms with E-state index in [9.17, 15) is 14.4 Å². The van der Waals surface area contributed by atoms with E-state index in [1.165, 1.54) is 0 Å². The molecule has 1 saturated heterocycles. The molecule has 5 rings (SSSR count). The van der Waals surface area contributed by atoms with Crippen LogP contribution >= 0.6 is 0 Å². The van der Waals surface area contributed by atoms with E-state index in [0.717, 1.165) is 48.2 Å². The molecule has 3 heterocycles. The normalized spacial score (nSPS) is 20.6. The SMILES string of the molecule is CCN1C(=O)NC(c2ccc(C)cc2C)C2=C1CN(C(Cc1ccccc1)C(=O)N1CCCC1)C2=O. The van der Waals surface area contributed by atoms with Gasteiger partial charge in [-0.3, -0.25) is 14.5 Å². The molecule has 2 unspecified atom stereocenters. The van der Waals surface area contributed by atoms with Crippen LogP contribution in [0.3, 0.4) is 0 Å². The van der Waals surface area contributed by atoms with Gasteiger partial charge in [0.1, 0.15) is 6.04 Å². The molecule has 0 aromatic heterocycles. The summed E-state index contributed by atoms with van der Waals surface area (Å²) in [5.74, 6) is -0.170. The molecule has 4 amide bonds. The van der Waals surface area contributed by atoms with E-state index in [1.807, 2.05) is 68.1 Å². The molecule has 2 aromatic carbocycles. The van der Waals surface area contributed by atoms with Crippen LogP contribution in [0.15, 0.2) is 59.8 Å². The molecule has 7 nitrogen and oxygen atoms in total. The van der Waals surface area contributed by atoms with Gasteiger partial charge in [0.25, 0.3) is 5.91 Å². The zero-order valence-corrected chi connectivity index (χ0v) is 21.3. The van der Waals surface area contributed by atoms with E-state index >= 15 is 0 Å². The third kappa shape index (κ3) is 4.27. The first-order chi connectivity index (χ1) is 17.4. The molecule has 1 fully saturated rings. The van der Waals surface area contributed by atoms with Crippen molar-refractivity contribution in [2.45, 2.75) is 52.1 Å². The maximum atomic E-state index is 14.1. The molecule has 0 spiro atoms. The van der Waals surface area contributed by atoms with Crippen molar-refractivity contribution >= 4 is 17.8 Å². The van der Waals surface area contributed by atoms with Crippen LogP contribution in [0.2, 0.25) is 0 Å². The van der Waals surface area contributed by atoms with Gasteiger partial charge >= 0.3 is 6.03 Å². The molecule has 3 aliphatic rings. The summed E-state index contributed by atoms with van der Waals surface area (Å²) < 4.78 is 0. The summed E-state index contributed by atoms with van der Waals surface area (Å²) in [5, 5.41) is 3.08. The van der Waals surface area contributed by atoms with Crippen LogP contribution in [0, 0.1) is 13.8 Å². The van der Waals surface area contributed by atoms with Crippen LogP contribution in [0.25, 0.3) is 0 Å². The average molecular weight is 487 g/mol. The first kappa shape index (κ1) is 24.1. The molecule has 0 aliphatic carbocycles. The van der Waals surface area contributed by atoms with Gasteiger partial charge in [0, 0.05) is 26.1 Å². The Kier molecular flexibility index (Phi) is 6.56. The highest BCUT2D eigenvalue weighted by Crippen LogP contribution is 2.38. The molecule has 36 heavy (non-hydrogen) atoms. The Labute approximate surface area is 212 Å². The fraction of sp³-hybridized carbons (Fsp3) is 0.414. The summed E-state index contributed by atoms with van der Waals surface area (Å²) in [7, 11) is 0. The molecular weight excluding hydrogens is 452 g/mol. The summed E-state index contributed by atoms with van der Waals surface area (Å²) in [5.41, 5.74) is 5.37. The number of carbonyl (C=O) groups is 3. The average Bonchev–Trinajstić information content (AvgIpc) is 3.51. The van der Waals surface area contributed by atoms with E-state index in [1.54, 1.807) is 9.80 Å². The Balaban J connectivity index is 1.54. The number of urea groups is 1. The van der Waals surface area contributed by atoms with Gasteiger partial charge in [-0.1, -0.05) is 54.1 Å². The highest BCUT2D eigenvalue weighted by molar-refractivity contribution is 6.03. The Hall–Kier alpha value is -3.61. The number of nitrogens with one attached hydrogen (secondary N) is 1. The van der Waals surface area contributed by atoms with Crippen LogP contribution in [-0.2, 0) is 16.0 Å². The van der Waals surface area contributed by atoms with E-state index in [4.69, 9.17) is 0 Å². The number of hydrogen-bond acceptors (Lipinski definition) is 3. The van der Waals surface area contributed by atoms with Crippen LogP contribution in [0.1, 0.15) is 48.1 Å². The van der Waals surface area contributed by atoms with Gasteiger partial charge in [0.2, 0.25) is 5.91 Å². The molecule has 2 atom stereocenters. The monoisotopic (exact) mass is 486 g/mol. The number of aryl methyl sites for hydroxylation is 2. The molecular formula is C29H34N4O3. The first-order valence-electron chi connectivity index (χ1n) is 12.9. The third-order valence-electron chi connectivity index (χ3n) is 7.65. The summed E-state index contributed by atoms with van der Waals surface area (Å²) in [6, 6.07) is 14.6. The lowest BCUT2D eigenvalue weighted by Crippen LogP contribution is -2.50. The maximum Gasteiger partial charge on any atom is 0.322 e. The van der Waals surface area contributed by atoms with E-state index in [0.29, 0.717) is 24.2 Å².